The van der Waals surface area contributed by atoms with Crippen LogP contribution >= 0.6 is 11.3 Å². The zero-order valence-corrected chi connectivity index (χ0v) is 13.6. The Kier molecular flexibility index (Phi) is 4.44. The fourth-order valence-corrected chi connectivity index (χ4v) is 3.37. The summed E-state index contributed by atoms with van der Waals surface area (Å²) < 4.78 is 5.16. The van der Waals surface area contributed by atoms with Crippen molar-refractivity contribution >= 4 is 22.3 Å². The number of nitrogen functional groups attached to an aromatic ring is 1. The Hall–Kier alpha value is -2.59. The number of anilines is 1. The number of carbonyl (C=O) groups excluding carboxylic acids is 1. The second-order valence-electron chi connectivity index (χ2n) is 5.02. The second kappa shape index (κ2) is 6.67. The quantitative estimate of drug-likeness (QED) is 0.699. The van der Waals surface area contributed by atoms with E-state index in [1.54, 1.807) is 6.92 Å². The minimum absolute atomic E-state index is 0.327. The van der Waals surface area contributed by atoms with Crippen LogP contribution in [0.1, 0.15) is 17.3 Å². The van der Waals surface area contributed by atoms with Gasteiger partial charge < -0.3 is 10.5 Å². The van der Waals surface area contributed by atoms with Gasteiger partial charge in [0.1, 0.15) is 10.6 Å². The molecule has 116 valence electrons. The first-order chi connectivity index (χ1) is 11.2. The first kappa shape index (κ1) is 15.3. The molecule has 0 amide bonds. The number of thiophene rings is 1. The molecule has 0 radical (unpaired) electrons. The molecule has 0 aliphatic rings. The van der Waals surface area contributed by atoms with Gasteiger partial charge in [0.25, 0.3) is 0 Å². The molecule has 1 aromatic heterocycles. The third kappa shape index (κ3) is 2.98. The molecule has 23 heavy (non-hydrogen) atoms. The van der Waals surface area contributed by atoms with Crippen LogP contribution in [0.2, 0.25) is 0 Å². The Morgan fingerprint density at radius 3 is 2.35 bits per heavy atom. The third-order valence-corrected chi connectivity index (χ3v) is 4.41. The molecule has 0 aliphatic heterocycles. The van der Waals surface area contributed by atoms with Crippen molar-refractivity contribution in [3.63, 3.8) is 0 Å². The average molecular weight is 323 g/mol. The van der Waals surface area contributed by atoms with Crippen molar-refractivity contribution in [2.45, 2.75) is 6.92 Å². The lowest BCUT2D eigenvalue weighted by Gasteiger charge is -2.11. The Bertz CT molecular complexity index is 824. The van der Waals surface area contributed by atoms with E-state index in [1.807, 2.05) is 47.8 Å². The molecule has 3 rings (SSSR count). The van der Waals surface area contributed by atoms with E-state index in [-0.39, 0.29) is 5.97 Å². The van der Waals surface area contributed by atoms with E-state index in [1.165, 1.54) is 11.3 Å². The van der Waals surface area contributed by atoms with Gasteiger partial charge in [-0.15, -0.1) is 11.3 Å². The van der Waals surface area contributed by atoms with Crippen LogP contribution in [0, 0.1) is 0 Å². The highest BCUT2D eigenvalue weighted by Crippen LogP contribution is 2.39. The largest absolute Gasteiger partial charge is 0.462 e. The van der Waals surface area contributed by atoms with Gasteiger partial charge >= 0.3 is 5.97 Å². The number of benzene rings is 2. The average Bonchev–Trinajstić information content (AvgIpc) is 2.97. The van der Waals surface area contributed by atoms with Gasteiger partial charge in [0.15, 0.2) is 0 Å². The minimum Gasteiger partial charge on any atom is -0.462 e. The summed E-state index contributed by atoms with van der Waals surface area (Å²) in [5.74, 6) is -0.371. The fourth-order valence-electron chi connectivity index (χ4n) is 2.57. The van der Waals surface area contributed by atoms with Crippen LogP contribution in [0.15, 0.2) is 60.0 Å². The van der Waals surface area contributed by atoms with Crippen molar-refractivity contribution in [1.29, 1.82) is 0 Å². The molecular formula is C19H17NO2S. The van der Waals surface area contributed by atoms with Gasteiger partial charge in [-0.2, -0.15) is 0 Å². The molecule has 0 bridgehead atoms. The lowest BCUT2D eigenvalue weighted by Crippen LogP contribution is -2.07. The predicted octanol–water partition coefficient (Wildman–Crippen LogP) is 4.84. The van der Waals surface area contributed by atoms with Gasteiger partial charge in [-0.05, 0) is 23.6 Å². The lowest BCUT2D eigenvalue weighted by atomic mass is 9.94. The maximum atomic E-state index is 12.3. The minimum atomic E-state index is -0.371. The van der Waals surface area contributed by atoms with Gasteiger partial charge in [-0.1, -0.05) is 54.6 Å². The summed E-state index contributed by atoms with van der Waals surface area (Å²) in [4.78, 5) is 12.3. The van der Waals surface area contributed by atoms with Gasteiger partial charge in [0, 0.05) is 10.9 Å². The molecule has 3 aromatic rings. The first-order valence-corrected chi connectivity index (χ1v) is 8.29. The molecule has 1 heterocycles. The summed E-state index contributed by atoms with van der Waals surface area (Å²) in [5, 5.41) is 2.41. The molecule has 0 saturated heterocycles. The highest BCUT2D eigenvalue weighted by molar-refractivity contribution is 7.15. The molecule has 0 spiro atoms. The van der Waals surface area contributed by atoms with Crippen LogP contribution in [-0.2, 0) is 4.74 Å². The van der Waals surface area contributed by atoms with E-state index in [0.717, 1.165) is 22.3 Å². The lowest BCUT2D eigenvalue weighted by molar-refractivity contribution is 0.0529. The SMILES string of the molecule is CCOC(=O)c1c(-c2ccccc2-c2ccccc2)csc1N. The highest BCUT2D eigenvalue weighted by atomic mass is 32.1. The monoisotopic (exact) mass is 323 g/mol. The van der Waals surface area contributed by atoms with Crippen LogP contribution in [0.3, 0.4) is 0 Å². The Labute approximate surface area is 139 Å². The number of rotatable bonds is 4. The number of hydrogen-bond donors (Lipinski definition) is 1. The summed E-state index contributed by atoms with van der Waals surface area (Å²) in [6, 6.07) is 18.1. The van der Waals surface area contributed by atoms with Gasteiger partial charge in [0.2, 0.25) is 0 Å². The Morgan fingerprint density at radius 1 is 1.00 bits per heavy atom. The fraction of sp³-hybridized carbons (Fsp3) is 0.105. The number of nitrogens with two attached hydrogens (primary N) is 1. The third-order valence-electron chi connectivity index (χ3n) is 3.60. The van der Waals surface area contributed by atoms with E-state index in [4.69, 9.17) is 10.5 Å². The number of hydrogen-bond acceptors (Lipinski definition) is 4. The van der Waals surface area contributed by atoms with Gasteiger partial charge in [-0.25, -0.2) is 4.79 Å². The maximum absolute atomic E-state index is 12.3. The van der Waals surface area contributed by atoms with Crippen LogP contribution in [0.4, 0.5) is 5.00 Å². The summed E-state index contributed by atoms with van der Waals surface area (Å²) in [5.41, 5.74) is 10.4. The second-order valence-corrected chi connectivity index (χ2v) is 5.93. The number of esters is 1. The standard InChI is InChI=1S/C19H17NO2S/c1-2-22-19(21)17-16(12-23-18(17)20)15-11-7-6-10-14(15)13-8-4-3-5-9-13/h3-12H,2,20H2,1H3. The van der Waals surface area contributed by atoms with Gasteiger partial charge in [-0.3, -0.25) is 0 Å². The van der Waals surface area contributed by atoms with E-state index in [2.05, 4.69) is 12.1 Å². The number of carbonyl (C=O) groups is 1. The zero-order chi connectivity index (χ0) is 16.2. The summed E-state index contributed by atoms with van der Waals surface area (Å²) in [6.07, 6.45) is 0. The van der Waals surface area contributed by atoms with Crippen LogP contribution < -0.4 is 5.73 Å². The molecule has 0 atom stereocenters. The van der Waals surface area contributed by atoms with Crippen molar-refractivity contribution in [3.05, 3.63) is 65.5 Å². The van der Waals surface area contributed by atoms with E-state index < -0.39 is 0 Å². The summed E-state index contributed by atoms with van der Waals surface area (Å²) >= 11 is 1.36. The molecule has 3 nitrogen and oxygen atoms in total. The predicted molar refractivity (Wildman–Crippen MR) is 95.6 cm³/mol. The molecule has 0 aliphatic carbocycles. The van der Waals surface area contributed by atoms with E-state index in [0.29, 0.717) is 17.2 Å². The zero-order valence-electron chi connectivity index (χ0n) is 12.8. The van der Waals surface area contributed by atoms with Crippen molar-refractivity contribution in [1.82, 2.24) is 0 Å². The van der Waals surface area contributed by atoms with E-state index in [9.17, 15) is 4.79 Å². The van der Waals surface area contributed by atoms with Crippen LogP contribution in [-0.4, -0.2) is 12.6 Å². The smallest absolute Gasteiger partial charge is 0.341 e. The molecule has 0 fully saturated rings. The van der Waals surface area contributed by atoms with Crippen molar-refractivity contribution in [2.24, 2.45) is 0 Å². The maximum Gasteiger partial charge on any atom is 0.341 e. The molecule has 2 N–H and O–H groups in total. The normalized spacial score (nSPS) is 10.5. The molecule has 0 saturated carbocycles. The van der Waals surface area contributed by atoms with E-state index >= 15 is 0 Å². The first-order valence-electron chi connectivity index (χ1n) is 7.41. The van der Waals surface area contributed by atoms with Crippen molar-refractivity contribution in [2.75, 3.05) is 12.3 Å². The van der Waals surface area contributed by atoms with Crippen molar-refractivity contribution < 1.29 is 9.53 Å². The summed E-state index contributed by atoms with van der Waals surface area (Å²) in [6.45, 7) is 2.12. The Balaban J connectivity index is 2.16. The number of ether oxygens (including phenoxy) is 1. The van der Waals surface area contributed by atoms with Crippen LogP contribution in [0.5, 0.6) is 0 Å². The van der Waals surface area contributed by atoms with Crippen molar-refractivity contribution in [3.8, 4) is 22.3 Å². The molecule has 0 unspecified atom stereocenters. The molecular weight excluding hydrogens is 306 g/mol. The summed E-state index contributed by atoms with van der Waals surface area (Å²) in [7, 11) is 0. The van der Waals surface area contributed by atoms with Gasteiger partial charge in [0.05, 0.1) is 6.61 Å². The molecule has 4 heteroatoms. The molecule has 2 aromatic carbocycles. The topological polar surface area (TPSA) is 52.3 Å². The van der Waals surface area contributed by atoms with Crippen LogP contribution in [0.25, 0.3) is 22.3 Å². The highest BCUT2D eigenvalue weighted by Gasteiger charge is 2.21. The Morgan fingerprint density at radius 2 is 1.65 bits per heavy atom.